The van der Waals surface area contributed by atoms with Crippen LogP contribution in [0, 0.1) is 0 Å². The smallest absolute Gasteiger partial charge is 0.160 e. The predicted octanol–water partition coefficient (Wildman–Crippen LogP) is 4.09. The van der Waals surface area contributed by atoms with E-state index in [0.717, 1.165) is 31.6 Å². The molecule has 1 aliphatic carbocycles. The third-order valence-electron chi connectivity index (χ3n) is 5.87. The second-order valence-electron chi connectivity index (χ2n) is 7.21. The van der Waals surface area contributed by atoms with Crippen molar-refractivity contribution >= 4 is 12.4 Å². The van der Waals surface area contributed by atoms with Gasteiger partial charge in [-0.15, -0.1) is 12.4 Å². The van der Waals surface area contributed by atoms with E-state index in [0.29, 0.717) is 5.75 Å². The second kappa shape index (κ2) is 7.01. The number of halogens is 1. The zero-order valence-electron chi connectivity index (χ0n) is 15.5. The van der Waals surface area contributed by atoms with Crippen LogP contribution in [0.4, 0.5) is 0 Å². The summed E-state index contributed by atoms with van der Waals surface area (Å²) in [5.74, 6) is 1.74. The first kappa shape index (κ1) is 18.9. The van der Waals surface area contributed by atoms with Gasteiger partial charge >= 0.3 is 0 Å². The summed E-state index contributed by atoms with van der Waals surface area (Å²) in [5, 5.41) is 10.4. The number of methoxy groups -OCH3 is 2. The Bertz CT molecular complexity index is 804. The van der Waals surface area contributed by atoms with Crippen LogP contribution in [0.1, 0.15) is 35.6 Å². The average molecular weight is 376 g/mol. The number of hydrogen-bond acceptors (Lipinski definition) is 4. The van der Waals surface area contributed by atoms with Crippen LogP contribution in [0.2, 0.25) is 0 Å². The molecule has 4 nitrogen and oxygen atoms in total. The van der Waals surface area contributed by atoms with Gasteiger partial charge in [0, 0.05) is 23.6 Å². The van der Waals surface area contributed by atoms with E-state index in [4.69, 9.17) is 9.47 Å². The molecule has 1 N–H and O–H groups in total. The Labute approximate surface area is 161 Å². The first-order chi connectivity index (χ1) is 12.1. The average Bonchev–Trinajstić information content (AvgIpc) is 3.42. The highest BCUT2D eigenvalue weighted by molar-refractivity contribution is 5.85. The van der Waals surface area contributed by atoms with E-state index in [2.05, 4.69) is 24.1 Å². The minimum Gasteiger partial charge on any atom is -0.504 e. The highest BCUT2D eigenvalue weighted by atomic mass is 35.5. The molecule has 4 rings (SSSR count). The van der Waals surface area contributed by atoms with E-state index >= 15 is 0 Å². The molecule has 26 heavy (non-hydrogen) atoms. The molecule has 1 fully saturated rings. The van der Waals surface area contributed by atoms with Crippen molar-refractivity contribution in [3.05, 3.63) is 53.1 Å². The number of nitrogens with zero attached hydrogens (tertiary/aromatic N) is 1. The van der Waals surface area contributed by atoms with Crippen molar-refractivity contribution in [1.29, 1.82) is 0 Å². The number of phenolic OH excluding ortho intramolecular Hbond substituents is 1. The number of benzene rings is 2. The number of fused-ring (bicyclic) bond motifs is 1. The van der Waals surface area contributed by atoms with E-state index in [-0.39, 0.29) is 29.6 Å². The molecule has 2 aromatic rings. The first-order valence-electron chi connectivity index (χ1n) is 8.84. The quantitative estimate of drug-likeness (QED) is 0.873. The molecule has 1 aliphatic heterocycles. The molecule has 0 radical (unpaired) electrons. The number of phenols is 1. The standard InChI is InChI=1S/C21H25NO3.ClH/c1-22-11-8-14-12-19(25-3)17(23)13-15(14)20(22)21(9-10-21)16-6-4-5-7-18(16)24-2;/h4-7,12-13,20,23H,8-11H2,1-3H3;1H. The Kier molecular flexibility index (Phi) is 5.09. The Morgan fingerprint density at radius 1 is 1.08 bits per heavy atom. The van der Waals surface area contributed by atoms with Gasteiger partial charge < -0.3 is 14.6 Å². The van der Waals surface area contributed by atoms with E-state index in [1.807, 2.05) is 24.3 Å². The van der Waals surface area contributed by atoms with Gasteiger partial charge in [-0.05, 0) is 55.6 Å². The maximum absolute atomic E-state index is 10.4. The van der Waals surface area contributed by atoms with Crippen LogP contribution in [0.15, 0.2) is 36.4 Å². The molecule has 2 aliphatic rings. The lowest BCUT2D eigenvalue weighted by atomic mass is 9.78. The Balaban J connectivity index is 0.00000196. The fourth-order valence-electron chi connectivity index (χ4n) is 4.52. The monoisotopic (exact) mass is 375 g/mol. The number of aromatic hydroxyl groups is 1. The third kappa shape index (κ3) is 2.81. The van der Waals surface area contributed by atoms with E-state index in [1.165, 1.54) is 16.7 Å². The Morgan fingerprint density at radius 2 is 1.77 bits per heavy atom. The van der Waals surface area contributed by atoms with Gasteiger partial charge in [0.15, 0.2) is 11.5 Å². The fraction of sp³-hybridized carbons (Fsp3) is 0.429. The molecule has 1 atom stereocenters. The largest absolute Gasteiger partial charge is 0.504 e. The number of para-hydroxylation sites is 1. The van der Waals surface area contributed by atoms with Crippen LogP contribution in [-0.4, -0.2) is 37.8 Å². The highest BCUT2D eigenvalue weighted by Gasteiger charge is 2.55. The van der Waals surface area contributed by atoms with Gasteiger partial charge in [0.2, 0.25) is 0 Å². The van der Waals surface area contributed by atoms with Crippen LogP contribution in [0.3, 0.4) is 0 Å². The first-order valence-corrected chi connectivity index (χ1v) is 8.84. The molecule has 0 saturated heterocycles. The van der Waals surface area contributed by atoms with Crippen molar-refractivity contribution in [2.24, 2.45) is 0 Å². The maximum Gasteiger partial charge on any atom is 0.160 e. The number of rotatable bonds is 4. The molecule has 1 unspecified atom stereocenters. The van der Waals surface area contributed by atoms with Gasteiger partial charge in [-0.25, -0.2) is 0 Å². The molecule has 1 heterocycles. The lowest BCUT2D eigenvalue weighted by Gasteiger charge is -2.41. The minimum atomic E-state index is 0. The van der Waals surface area contributed by atoms with Gasteiger partial charge in [0.1, 0.15) is 5.75 Å². The lowest BCUT2D eigenvalue weighted by Crippen LogP contribution is -2.39. The van der Waals surface area contributed by atoms with Gasteiger partial charge in [-0.3, -0.25) is 4.90 Å². The van der Waals surface area contributed by atoms with Gasteiger partial charge in [0.25, 0.3) is 0 Å². The molecule has 1 saturated carbocycles. The summed E-state index contributed by atoms with van der Waals surface area (Å²) < 4.78 is 11.0. The summed E-state index contributed by atoms with van der Waals surface area (Å²) >= 11 is 0. The van der Waals surface area contributed by atoms with Crippen LogP contribution in [-0.2, 0) is 11.8 Å². The molecule has 2 aromatic carbocycles. The number of ether oxygens (including phenoxy) is 2. The van der Waals surface area contributed by atoms with Crippen molar-refractivity contribution in [3.63, 3.8) is 0 Å². The van der Waals surface area contributed by atoms with E-state index in [1.54, 1.807) is 14.2 Å². The summed E-state index contributed by atoms with van der Waals surface area (Å²) in [4.78, 5) is 2.42. The van der Waals surface area contributed by atoms with Crippen LogP contribution in [0.25, 0.3) is 0 Å². The third-order valence-corrected chi connectivity index (χ3v) is 5.87. The zero-order chi connectivity index (χ0) is 17.6. The molecular formula is C21H26ClNO3. The molecule has 0 amide bonds. The van der Waals surface area contributed by atoms with E-state index in [9.17, 15) is 5.11 Å². The zero-order valence-corrected chi connectivity index (χ0v) is 16.3. The highest BCUT2D eigenvalue weighted by Crippen LogP contribution is 2.62. The van der Waals surface area contributed by atoms with Crippen molar-refractivity contribution in [1.82, 2.24) is 4.90 Å². The fourth-order valence-corrected chi connectivity index (χ4v) is 4.52. The summed E-state index contributed by atoms with van der Waals surface area (Å²) in [7, 11) is 5.53. The van der Waals surface area contributed by atoms with Crippen molar-refractivity contribution < 1.29 is 14.6 Å². The van der Waals surface area contributed by atoms with Gasteiger partial charge in [-0.2, -0.15) is 0 Å². The van der Waals surface area contributed by atoms with Crippen molar-refractivity contribution in [2.75, 3.05) is 27.8 Å². The lowest BCUT2D eigenvalue weighted by molar-refractivity contribution is 0.184. The van der Waals surface area contributed by atoms with Gasteiger partial charge in [0.05, 0.1) is 14.2 Å². The maximum atomic E-state index is 10.4. The van der Waals surface area contributed by atoms with Crippen LogP contribution >= 0.6 is 12.4 Å². The van der Waals surface area contributed by atoms with E-state index < -0.39 is 0 Å². The van der Waals surface area contributed by atoms with Gasteiger partial charge in [-0.1, -0.05) is 18.2 Å². The summed E-state index contributed by atoms with van der Waals surface area (Å²) in [6.45, 7) is 1.00. The molecule has 5 heteroatoms. The number of likely N-dealkylation sites (N-methyl/N-ethyl adjacent to an activating group) is 1. The summed E-state index contributed by atoms with van der Waals surface area (Å²) in [6, 6.07) is 12.5. The SMILES string of the molecule is COc1cc2c(cc1O)C(C1(c3ccccc3OC)CC1)N(C)CC2.Cl. The van der Waals surface area contributed by atoms with Crippen LogP contribution in [0.5, 0.6) is 17.2 Å². The minimum absolute atomic E-state index is 0. The second-order valence-corrected chi connectivity index (χ2v) is 7.21. The van der Waals surface area contributed by atoms with Crippen LogP contribution < -0.4 is 9.47 Å². The summed E-state index contributed by atoms with van der Waals surface area (Å²) in [5.41, 5.74) is 3.82. The topological polar surface area (TPSA) is 41.9 Å². The van der Waals surface area contributed by atoms with Crippen molar-refractivity contribution in [3.8, 4) is 17.2 Å². The Morgan fingerprint density at radius 3 is 2.42 bits per heavy atom. The number of hydrogen-bond donors (Lipinski definition) is 1. The molecule has 0 spiro atoms. The summed E-state index contributed by atoms with van der Waals surface area (Å²) in [6.07, 6.45) is 3.24. The predicted molar refractivity (Wildman–Crippen MR) is 105 cm³/mol. The molecule has 0 bridgehead atoms. The van der Waals surface area contributed by atoms with Crippen molar-refractivity contribution in [2.45, 2.75) is 30.7 Å². The molecular weight excluding hydrogens is 350 g/mol. The normalized spacial score (nSPS) is 20.7. The Hall–Kier alpha value is -1.91. The molecule has 0 aromatic heterocycles. The molecule has 140 valence electrons.